The number of aromatic nitrogens is 7. The first-order valence-electron chi connectivity index (χ1n) is 10.3. The summed E-state index contributed by atoms with van der Waals surface area (Å²) in [5, 5.41) is 26.7. The fraction of sp³-hybridized carbons (Fsp3) is 0.381. The van der Waals surface area contributed by atoms with Crippen molar-refractivity contribution >= 4 is 17.4 Å². The van der Waals surface area contributed by atoms with E-state index in [1.54, 1.807) is 17.1 Å². The predicted octanol–water partition coefficient (Wildman–Crippen LogP) is 3.28. The van der Waals surface area contributed by atoms with E-state index in [9.17, 15) is 5.11 Å². The third-order valence-electron chi connectivity index (χ3n) is 5.81. The van der Waals surface area contributed by atoms with Crippen molar-refractivity contribution in [3.05, 3.63) is 48.7 Å². The lowest BCUT2D eigenvalue weighted by atomic mass is 9.85. The fourth-order valence-electron chi connectivity index (χ4n) is 4.12. The molecule has 2 N–H and O–H groups in total. The van der Waals surface area contributed by atoms with Gasteiger partial charge in [0.2, 0.25) is 5.95 Å². The van der Waals surface area contributed by atoms with Crippen LogP contribution in [0.25, 0.3) is 16.9 Å². The van der Waals surface area contributed by atoms with E-state index in [1.165, 1.54) is 19.3 Å². The van der Waals surface area contributed by atoms with Gasteiger partial charge in [0.25, 0.3) is 0 Å². The minimum Gasteiger partial charge on any atom is -0.385 e. The van der Waals surface area contributed by atoms with Gasteiger partial charge in [-0.2, -0.15) is 5.10 Å². The van der Waals surface area contributed by atoms with Gasteiger partial charge >= 0.3 is 0 Å². The zero-order valence-corrected chi connectivity index (χ0v) is 16.8. The molecule has 9 heteroatoms. The maximum Gasteiger partial charge on any atom is 0.228 e. The molecule has 0 spiro atoms. The summed E-state index contributed by atoms with van der Waals surface area (Å²) in [6.45, 7) is 0. The van der Waals surface area contributed by atoms with Gasteiger partial charge in [-0.25, -0.2) is 9.97 Å². The molecule has 0 aliphatic heterocycles. The van der Waals surface area contributed by atoms with E-state index in [0.29, 0.717) is 17.4 Å². The van der Waals surface area contributed by atoms with Gasteiger partial charge in [0.1, 0.15) is 11.9 Å². The maximum absolute atomic E-state index is 10.8. The van der Waals surface area contributed by atoms with Crippen molar-refractivity contribution in [1.82, 2.24) is 34.3 Å². The SMILES string of the molecule is Cn1nccc1Nc1nccc(-c2ccn3c(C(O)C4CCCCC4)nnc3c2)n1. The molecule has 0 aromatic carbocycles. The average molecular weight is 404 g/mol. The summed E-state index contributed by atoms with van der Waals surface area (Å²) in [4.78, 5) is 8.90. The van der Waals surface area contributed by atoms with Crippen LogP contribution in [0.1, 0.15) is 44.0 Å². The van der Waals surface area contributed by atoms with Crippen molar-refractivity contribution in [2.45, 2.75) is 38.2 Å². The summed E-state index contributed by atoms with van der Waals surface area (Å²) in [7, 11) is 1.85. The molecule has 1 atom stereocenters. The number of aliphatic hydroxyl groups is 1. The maximum atomic E-state index is 10.8. The molecular formula is C21H24N8O. The van der Waals surface area contributed by atoms with Crippen LogP contribution in [0.4, 0.5) is 11.8 Å². The minimum atomic E-state index is -0.583. The number of aryl methyl sites for hydroxylation is 1. The zero-order valence-electron chi connectivity index (χ0n) is 16.8. The third kappa shape index (κ3) is 3.52. The van der Waals surface area contributed by atoms with E-state index < -0.39 is 6.10 Å². The molecule has 1 aliphatic carbocycles. The Morgan fingerprint density at radius 1 is 1.10 bits per heavy atom. The number of nitrogens with zero attached hydrogens (tertiary/aromatic N) is 7. The Balaban J connectivity index is 1.42. The van der Waals surface area contributed by atoms with Crippen LogP contribution in [-0.2, 0) is 7.05 Å². The molecule has 0 amide bonds. The number of hydrogen-bond acceptors (Lipinski definition) is 7. The van der Waals surface area contributed by atoms with Crippen LogP contribution in [-0.4, -0.2) is 39.5 Å². The Morgan fingerprint density at radius 3 is 2.77 bits per heavy atom. The van der Waals surface area contributed by atoms with Gasteiger partial charge in [-0.3, -0.25) is 9.08 Å². The largest absolute Gasteiger partial charge is 0.385 e. The van der Waals surface area contributed by atoms with E-state index in [4.69, 9.17) is 0 Å². The van der Waals surface area contributed by atoms with E-state index in [0.717, 1.165) is 29.9 Å². The second kappa shape index (κ2) is 7.83. The van der Waals surface area contributed by atoms with Gasteiger partial charge in [0, 0.05) is 31.1 Å². The Labute approximate surface area is 173 Å². The van der Waals surface area contributed by atoms with Gasteiger partial charge in [-0.15, -0.1) is 10.2 Å². The Hall–Kier alpha value is -3.33. The summed E-state index contributed by atoms with van der Waals surface area (Å²) in [5.41, 5.74) is 2.37. The molecule has 1 saturated carbocycles. The van der Waals surface area contributed by atoms with Crippen LogP contribution in [0.3, 0.4) is 0 Å². The second-order valence-electron chi connectivity index (χ2n) is 7.78. The van der Waals surface area contributed by atoms with Crippen molar-refractivity contribution in [3.63, 3.8) is 0 Å². The van der Waals surface area contributed by atoms with Gasteiger partial charge in [0.05, 0.1) is 11.9 Å². The Bertz CT molecular complexity index is 1160. The van der Waals surface area contributed by atoms with Crippen molar-refractivity contribution in [2.75, 3.05) is 5.32 Å². The van der Waals surface area contributed by atoms with Gasteiger partial charge in [0.15, 0.2) is 11.5 Å². The summed E-state index contributed by atoms with van der Waals surface area (Å²) < 4.78 is 3.59. The lowest BCUT2D eigenvalue weighted by molar-refractivity contribution is 0.0763. The highest BCUT2D eigenvalue weighted by atomic mass is 16.3. The monoisotopic (exact) mass is 404 g/mol. The second-order valence-corrected chi connectivity index (χ2v) is 7.78. The highest BCUT2D eigenvalue weighted by molar-refractivity contribution is 5.65. The van der Waals surface area contributed by atoms with E-state index in [2.05, 4.69) is 30.6 Å². The predicted molar refractivity (Wildman–Crippen MR) is 112 cm³/mol. The highest BCUT2D eigenvalue weighted by Crippen LogP contribution is 2.34. The number of nitrogens with one attached hydrogen (secondary N) is 1. The smallest absolute Gasteiger partial charge is 0.228 e. The molecule has 0 radical (unpaired) electrons. The average Bonchev–Trinajstić information content (AvgIpc) is 3.39. The number of fused-ring (bicyclic) bond motifs is 1. The molecule has 154 valence electrons. The molecule has 1 unspecified atom stereocenters. The molecule has 4 heterocycles. The normalized spacial score (nSPS) is 16.1. The van der Waals surface area contributed by atoms with Crippen molar-refractivity contribution in [2.24, 2.45) is 13.0 Å². The number of aliphatic hydroxyl groups excluding tert-OH is 1. The molecule has 1 fully saturated rings. The first kappa shape index (κ1) is 18.7. The molecule has 5 rings (SSSR count). The fourth-order valence-corrected chi connectivity index (χ4v) is 4.12. The standard InChI is InChI=1S/C21H24N8O/c1-28-17(8-11-23-28)25-21-22-10-7-16(24-21)15-9-12-29-18(13-15)26-27-20(29)19(30)14-5-3-2-4-6-14/h7-14,19,30H,2-6H2,1H3,(H,22,24,25). The van der Waals surface area contributed by atoms with Crippen LogP contribution in [0.15, 0.2) is 42.9 Å². The lowest BCUT2D eigenvalue weighted by Gasteiger charge is -2.25. The summed E-state index contributed by atoms with van der Waals surface area (Å²) >= 11 is 0. The first-order chi connectivity index (χ1) is 14.7. The minimum absolute atomic E-state index is 0.258. The van der Waals surface area contributed by atoms with Crippen LogP contribution in [0.2, 0.25) is 0 Å². The van der Waals surface area contributed by atoms with Gasteiger partial charge in [-0.05, 0) is 37.0 Å². The van der Waals surface area contributed by atoms with Gasteiger partial charge in [-0.1, -0.05) is 19.3 Å². The molecule has 1 aliphatic rings. The Morgan fingerprint density at radius 2 is 1.97 bits per heavy atom. The number of pyridine rings is 1. The summed E-state index contributed by atoms with van der Waals surface area (Å²) in [5.74, 6) is 2.17. The zero-order chi connectivity index (χ0) is 20.5. The van der Waals surface area contributed by atoms with E-state index in [-0.39, 0.29) is 5.92 Å². The van der Waals surface area contributed by atoms with Crippen LogP contribution in [0, 0.1) is 5.92 Å². The number of rotatable bonds is 5. The molecule has 9 nitrogen and oxygen atoms in total. The molecule has 0 bridgehead atoms. The molecule has 4 aromatic rings. The highest BCUT2D eigenvalue weighted by Gasteiger charge is 2.27. The van der Waals surface area contributed by atoms with E-state index >= 15 is 0 Å². The molecule has 4 aromatic heterocycles. The van der Waals surface area contributed by atoms with Crippen molar-refractivity contribution in [1.29, 1.82) is 0 Å². The van der Waals surface area contributed by atoms with Crippen LogP contribution in [0.5, 0.6) is 0 Å². The van der Waals surface area contributed by atoms with Gasteiger partial charge < -0.3 is 10.4 Å². The van der Waals surface area contributed by atoms with Crippen molar-refractivity contribution in [3.8, 4) is 11.3 Å². The topological polar surface area (TPSA) is 106 Å². The van der Waals surface area contributed by atoms with Crippen molar-refractivity contribution < 1.29 is 5.11 Å². The summed E-state index contributed by atoms with van der Waals surface area (Å²) in [6.07, 6.45) is 10.4. The van der Waals surface area contributed by atoms with Crippen LogP contribution < -0.4 is 5.32 Å². The Kier molecular flexibility index (Phi) is 4.88. The lowest BCUT2D eigenvalue weighted by Crippen LogP contribution is -2.18. The number of anilines is 2. The van der Waals surface area contributed by atoms with E-state index in [1.807, 2.05) is 41.9 Å². The molecular weight excluding hydrogens is 380 g/mol. The number of hydrogen-bond donors (Lipinski definition) is 2. The summed E-state index contributed by atoms with van der Waals surface area (Å²) in [6, 6.07) is 7.61. The molecule has 0 saturated heterocycles. The van der Waals surface area contributed by atoms with Crippen LogP contribution >= 0.6 is 0 Å². The first-order valence-corrected chi connectivity index (χ1v) is 10.3. The quantitative estimate of drug-likeness (QED) is 0.526. The third-order valence-corrected chi connectivity index (χ3v) is 5.81. The molecule has 30 heavy (non-hydrogen) atoms.